The van der Waals surface area contributed by atoms with Crippen molar-refractivity contribution in [1.82, 2.24) is 15.5 Å². The maximum Gasteiger partial charge on any atom is 0.225 e. The van der Waals surface area contributed by atoms with E-state index in [4.69, 9.17) is 0 Å². The molecule has 6 heteroatoms. The fourth-order valence-corrected chi connectivity index (χ4v) is 3.11. The largest absolute Gasteiger partial charge is 0.355 e. The highest BCUT2D eigenvalue weighted by molar-refractivity contribution is 5.84. The topological polar surface area (TPSA) is 78.5 Å². The molecule has 116 valence electrons. The fraction of sp³-hybridized carbons (Fsp3) is 0.800. The summed E-state index contributed by atoms with van der Waals surface area (Å²) < 4.78 is 0. The first kappa shape index (κ1) is 14.4. The second kappa shape index (κ2) is 6.03. The van der Waals surface area contributed by atoms with E-state index in [1.165, 1.54) is 0 Å². The van der Waals surface area contributed by atoms with Gasteiger partial charge in [0.2, 0.25) is 17.7 Å². The van der Waals surface area contributed by atoms with Gasteiger partial charge in [-0.05, 0) is 32.1 Å². The minimum atomic E-state index is -0.103. The molecule has 21 heavy (non-hydrogen) atoms. The van der Waals surface area contributed by atoms with Crippen molar-refractivity contribution in [2.75, 3.05) is 19.6 Å². The maximum absolute atomic E-state index is 12.2. The molecule has 6 nitrogen and oxygen atoms in total. The lowest BCUT2D eigenvalue weighted by Gasteiger charge is -2.33. The third-order valence-corrected chi connectivity index (χ3v) is 4.72. The first-order valence-corrected chi connectivity index (χ1v) is 7.99. The summed E-state index contributed by atoms with van der Waals surface area (Å²) in [4.78, 5) is 37.2. The molecular weight excluding hydrogens is 270 g/mol. The van der Waals surface area contributed by atoms with Crippen LogP contribution >= 0.6 is 0 Å². The molecule has 3 amide bonds. The van der Waals surface area contributed by atoms with Crippen LogP contribution in [0.2, 0.25) is 0 Å². The van der Waals surface area contributed by atoms with Crippen molar-refractivity contribution in [2.24, 2.45) is 11.8 Å². The summed E-state index contributed by atoms with van der Waals surface area (Å²) in [6.45, 7) is 1.95. The normalized spacial score (nSPS) is 27.1. The molecule has 1 aliphatic carbocycles. The lowest BCUT2D eigenvalue weighted by atomic mass is 9.96. The highest BCUT2D eigenvalue weighted by atomic mass is 16.2. The van der Waals surface area contributed by atoms with Gasteiger partial charge in [-0.25, -0.2) is 0 Å². The molecule has 3 rings (SSSR count). The van der Waals surface area contributed by atoms with E-state index in [0.717, 1.165) is 38.8 Å². The molecule has 0 aromatic rings. The predicted octanol–water partition coefficient (Wildman–Crippen LogP) is 0.0298. The molecule has 0 radical (unpaired) electrons. The summed E-state index contributed by atoms with van der Waals surface area (Å²) in [5.41, 5.74) is 0. The van der Waals surface area contributed by atoms with Crippen molar-refractivity contribution in [3.8, 4) is 0 Å². The Hall–Kier alpha value is -1.59. The summed E-state index contributed by atoms with van der Waals surface area (Å²) >= 11 is 0. The molecule has 2 N–H and O–H groups in total. The average molecular weight is 293 g/mol. The zero-order valence-electron chi connectivity index (χ0n) is 12.3. The molecule has 0 aromatic heterocycles. The molecule has 1 atom stereocenters. The van der Waals surface area contributed by atoms with Gasteiger partial charge in [0, 0.05) is 38.0 Å². The predicted molar refractivity (Wildman–Crippen MR) is 76.2 cm³/mol. The van der Waals surface area contributed by atoms with Gasteiger partial charge < -0.3 is 15.5 Å². The molecule has 2 heterocycles. The molecule has 1 unspecified atom stereocenters. The summed E-state index contributed by atoms with van der Waals surface area (Å²) in [5.74, 6) is 0.554. The van der Waals surface area contributed by atoms with Gasteiger partial charge in [0.1, 0.15) is 0 Å². The Labute approximate surface area is 124 Å². The Morgan fingerprint density at radius 2 is 1.76 bits per heavy atom. The lowest BCUT2D eigenvalue weighted by Crippen LogP contribution is -2.50. The van der Waals surface area contributed by atoms with Crippen molar-refractivity contribution in [1.29, 1.82) is 0 Å². The minimum Gasteiger partial charge on any atom is -0.355 e. The van der Waals surface area contributed by atoms with Gasteiger partial charge in [-0.2, -0.15) is 0 Å². The van der Waals surface area contributed by atoms with Crippen LogP contribution in [0.5, 0.6) is 0 Å². The summed E-state index contributed by atoms with van der Waals surface area (Å²) in [6, 6.07) is 0.165. The zero-order valence-corrected chi connectivity index (χ0v) is 12.3. The van der Waals surface area contributed by atoms with Crippen LogP contribution in [0, 0.1) is 11.8 Å². The molecule has 3 fully saturated rings. The number of amides is 3. The Balaban J connectivity index is 1.41. The highest BCUT2D eigenvalue weighted by Crippen LogP contribution is 2.31. The third kappa shape index (κ3) is 3.54. The van der Waals surface area contributed by atoms with Crippen LogP contribution in [0.25, 0.3) is 0 Å². The smallest absolute Gasteiger partial charge is 0.225 e. The number of hydrogen-bond donors (Lipinski definition) is 2. The van der Waals surface area contributed by atoms with Gasteiger partial charge in [-0.3, -0.25) is 14.4 Å². The van der Waals surface area contributed by atoms with E-state index >= 15 is 0 Å². The number of nitrogens with one attached hydrogen (secondary N) is 2. The fourth-order valence-electron chi connectivity index (χ4n) is 3.11. The van der Waals surface area contributed by atoms with Gasteiger partial charge in [0.05, 0.1) is 5.92 Å². The number of rotatable bonds is 3. The van der Waals surface area contributed by atoms with Crippen molar-refractivity contribution in [3.63, 3.8) is 0 Å². The average Bonchev–Trinajstić information content (AvgIpc) is 3.32. The molecule has 3 aliphatic rings. The Kier molecular flexibility index (Phi) is 4.12. The van der Waals surface area contributed by atoms with Crippen LogP contribution in [-0.4, -0.2) is 48.3 Å². The number of piperidine rings is 2. The van der Waals surface area contributed by atoms with Gasteiger partial charge in [-0.15, -0.1) is 0 Å². The minimum absolute atomic E-state index is 0.0333. The highest BCUT2D eigenvalue weighted by Gasteiger charge is 2.35. The van der Waals surface area contributed by atoms with Gasteiger partial charge in [-0.1, -0.05) is 0 Å². The number of likely N-dealkylation sites (tertiary alicyclic amines) is 1. The van der Waals surface area contributed by atoms with E-state index < -0.39 is 0 Å². The van der Waals surface area contributed by atoms with Crippen molar-refractivity contribution in [3.05, 3.63) is 0 Å². The Morgan fingerprint density at radius 3 is 2.33 bits per heavy atom. The maximum atomic E-state index is 12.2. The molecule has 1 saturated carbocycles. The second-order valence-electron chi connectivity index (χ2n) is 6.42. The SMILES string of the molecule is O=C1CCC(C(=O)NC2CCN(C(=O)C3CC3)CC2)CN1. The number of nitrogens with zero attached hydrogens (tertiary/aromatic N) is 1. The molecule has 2 saturated heterocycles. The van der Waals surface area contributed by atoms with E-state index in [1.54, 1.807) is 0 Å². The lowest BCUT2D eigenvalue weighted by molar-refractivity contribution is -0.133. The van der Waals surface area contributed by atoms with Crippen molar-refractivity contribution >= 4 is 17.7 Å². The Morgan fingerprint density at radius 1 is 1.05 bits per heavy atom. The summed E-state index contributed by atoms with van der Waals surface area (Å²) in [7, 11) is 0. The first-order chi connectivity index (χ1) is 10.1. The zero-order chi connectivity index (χ0) is 14.8. The summed E-state index contributed by atoms with van der Waals surface area (Å²) in [5, 5.41) is 5.82. The second-order valence-corrected chi connectivity index (χ2v) is 6.42. The molecule has 2 aliphatic heterocycles. The van der Waals surface area contributed by atoms with E-state index in [1.807, 2.05) is 4.90 Å². The summed E-state index contributed by atoms with van der Waals surface area (Å²) in [6.07, 6.45) is 4.83. The van der Waals surface area contributed by atoms with Crippen LogP contribution in [-0.2, 0) is 14.4 Å². The molecular formula is C15H23N3O3. The molecule has 0 bridgehead atoms. The molecule has 0 spiro atoms. The van der Waals surface area contributed by atoms with Crippen LogP contribution in [0.15, 0.2) is 0 Å². The van der Waals surface area contributed by atoms with Crippen molar-refractivity contribution in [2.45, 2.75) is 44.6 Å². The van der Waals surface area contributed by atoms with E-state index in [0.29, 0.717) is 25.3 Å². The van der Waals surface area contributed by atoms with Gasteiger partial charge in [0.15, 0.2) is 0 Å². The van der Waals surface area contributed by atoms with Crippen LogP contribution in [0.3, 0.4) is 0 Å². The van der Waals surface area contributed by atoms with E-state index in [9.17, 15) is 14.4 Å². The molecule has 0 aromatic carbocycles. The standard InChI is InChI=1S/C15H23N3O3/c19-13-4-3-11(9-16-13)14(20)17-12-5-7-18(8-6-12)15(21)10-1-2-10/h10-12H,1-9H2,(H,16,19)(H,17,20). The first-order valence-electron chi connectivity index (χ1n) is 7.99. The van der Waals surface area contributed by atoms with Crippen LogP contribution in [0.4, 0.5) is 0 Å². The Bertz CT molecular complexity index is 429. The van der Waals surface area contributed by atoms with Crippen molar-refractivity contribution < 1.29 is 14.4 Å². The monoisotopic (exact) mass is 293 g/mol. The van der Waals surface area contributed by atoms with E-state index in [2.05, 4.69) is 10.6 Å². The van der Waals surface area contributed by atoms with E-state index in [-0.39, 0.29) is 29.7 Å². The number of carbonyl (C=O) groups is 3. The number of hydrogen-bond acceptors (Lipinski definition) is 3. The van der Waals surface area contributed by atoms with Crippen LogP contribution < -0.4 is 10.6 Å². The van der Waals surface area contributed by atoms with Gasteiger partial charge in [0.25, 0.3) is 0 Å². The van der Waals surface area contributed by atoms with Crippen LogP contribution in [0.1, 0.15) is 38.5 Å². The third-order valence-electron chi connectivity index (χ3n) is 4.72. The quantitative estimate of drug-likeness (QED) is 0.770. The number of carbonyl (C=O) groups excluding carboxylic acids is 3. The van der Waals surface area contributed by atoms with Gasteiger partial charge >= 0.3 is 0 Å².